The number of nitrogens with one attached hydrogen (secondary N) is 2. The molecule has 0 aliphatic heterocycles. The predicted octanol–water partition coefficient (Wildman–Crippen LogP) is 7.52. The lowest BCUT2D eigenvalue weighted by atomic mass is 10.2. The summed E-state index contributed by atoms with van der Waals surface area (Å²) in [5.74, 6) is 0.638. The van der Waals surface area contributed by atoms with Crippen molar-refractivity contribution in [2.45, 2.75) is 33.9 Å². The second-order valence-electron chi connectivity index (χ2n) is 8.11. The topological polar surface area (TPSA) is 59.7 Å². The van der Waals surface area contributed by atoms with Gasteiger partial charge in [-0.05, 0) is 68.4 Å². The Morgan fingerprint density at radius 1 is 0.771 bits per heavy atom. The number of anilines is 2. The van der Waals surface area contributed by atoms with E-state index in [1.54, 1.807) is 12.1 Å². The Kier molecular flexibility index (Phi) is 7.93. The number of nitrogens with zero attached hydrogens (tertiary/aromatic N) is 4. The largest absolute Gasteiger partial charge is 0.329 e. The van der Waals surface area contributed by atoms with Crippen LogP contribution in [0.2, 0.25) is 20.1 Å². The summed E-state index contributed by atoms with van der Waals surface area (Å²) in [4.78, 5) is 0. The Labute approximate surface area is 229 Å². The van der Waals surface area contributed by atoms with E-state index < -0.39 is 0 Å². The van der Waals surface area contributed by atoms with Gasteiger partial charge in [-0.25, -0.2) is 0 Å². The van der Waals surface area contributed by atoms with Crippen LogP contribution < -0.4 is 10.6 Å². The molecule has 4 aromatic rings. The SMILES string of the molecule is Cc1nn(Cc2ccc(Cl)c(Cl)c2)c(C)c1NC(=S)Nc1cc(C)n(Cc2ccc(Cl)c(Cl)c2)n1. The van der Waals surface area contributed by atoms with Crippen LogP contribution in [0.4, 0.5) is 11.5 Å². The molecule has 2 N–H and O–H groups in total. The third-order valence-electron chi connectivity index (χ3n) is 5.48. The Bertz CT molecular complexity index is 1410. The summed E-state index contributed by atoms with van der Waals surface area (Å²) in [5.41, 5.74) is 5.59. The summed E-state index contributed by atoms with van der Waals surface area (Å²) >= 11 is 29.9. The summed E-state index contributed by atoms with van der Waals surface area (Å²) in [6.45, 7) is 7.01. The van der Waals surface area contributed by atoms with Gasteiger partial charge in [0, 0.05) is 11.8 Å². The van der Waals surface area contributed by atoms with Gasteiger partial charge in [0.1, 0.15) is 0 Å². The van der Waals surface area contributed by atoms with Crippen molar-refractivity contribution in [1.29, 1.82) is 0 Å². The molecule has 0 spiro atoms. The molecule has 6 nitrogen and oxygen atoms in total. The van der Waals surface area contributed by atoms with Gasteiger partial charge in [-0.2, -0.15) is 10.2 Å². The lowest BCUT2D eigenvalue weighted by Crippen LogP contribution is -2.20. The number of aryl methyl sites for hydroxylation is 2. The van der Waals surface area contributed by atoms with Crippen molar-refractivity contribution >= 4 is 75.2 Å². The predicted molar refractivity (Wildman–Crippen MR) is 150 cm³/mol. The number of hydrogen-bond acceptors (Lipinski definition) is 3. The molecule has 0 bridgehead atoms. The van der Waals surface area contributed by atoms with Gasteiger partial charge in [0.15, 0.2) is 10.9 Å². The van der Waals surface area contributed by atoms with Crippen LogP contribution in [0.3, 0.4) is 0 Å². The molecule has 0 fully saturated rings. The highest BCUT2D eigenvalue weighted by Gasteiger charge is 2.15. The third-order valence-corrected chi connectivity index (χ3v) is 7.16. The Hall–Kier alpha value is -2.29. The first kappa shape index (κ1) is 25.8. The quantitative estimate of drug-likeness (QED) is 0.236. The molecule has 2 aromatic carbocycles. The highest BCUT2D eigenvalue weighted by Crippen LogP contribution is 2.26. The van der Waals surface area contributed by atoms with Crippen LogP contribution in [-0.2, 0) is 13.1 Å². The molecular weight excluding hydrogens is 546 g/mol. The summed E-state index contributed by atoms with van der Waals surface area (Å²) < 4.78 is 3.77. The first-order chi connectivity index (χ1) is 16.6. The minimum absolute atomic E-state index is 0.421. The standard InChI is InChI=1S/C24H22Cl4N6S/c1-13-8-22(32-33(13)11-16-4-6-18(25)20(27)9-16)29-24(35)30-23-14(2)31-34(15(23)3)12-17-5-7-19(26)21(28)10-17/h4-10H,11-12H2,1-3H3,(H2,29,30,32,35). The normalized spacial score (nSPS) is 11.1. The lowest BCUT2D eigenvalue weighted by molar-refractivity contribution is 0.659. The van der Waals surface area contributed by atoms with Gasteiger partial charge in [-0.15, -0.1) is 0 Å². The minimum atomic E-state index is 0.421. The van der Waals surface area contributed by atoms with E-state index in [2.05, 4.69) is 20.8 Å². The summed E-state index contributed by atoms with van der Waals surface area (Å²) in [7, 11) is 0. The van der Waals surface area contributed by atoms with Crippen LogP contribution in [0.15, 0.2) is 42.5 Å². The molecule has 0 aliphatic rings. The third kappa shape index (κ3) is 6.11. The van der Waals surface area contributed by atoms with Gasteiger partial charge < -0.3 is 10.6 Å². The summed E-state index contributed by atoms with van der Waals surface area (Å²) in [6.07, 6.45) is 0. The van der Waals surface area contributed by atoms with E-state index in [-0.39, 0.29) is 0 Å². The molecule has 0 saturated heterocycles. The Balaban J connectivity index is 1.43. The zero-order chi connectivity index (χ0) is 25.3. The zero-order valence-electron chi connectivity index (χ0n) is 19.2. The summed E-state index contributed by atoms with van der Waals surface area (Å²) in [5, 5.41) is 18.2. The monoisotopic (exact) mass is 566 g/mol. The van der Waals surface area contributed by atoms with Crippen molar-refractivity contribution in [3.63, 3.8) is 0 Å². The van der Waals surface area contributed by atoms with Gasteiger partial charge in [0.2, 0.25) is 0 Å². The van der Waals surface area contributed by atoms with E-state index >= 15 is 0 Å². The van der Waals surface area contributed by atoms with Crippen molar-refractivity contribution in [1.82, 2.24) is 19.6 Å². The maximum absolute atomic E-state index is 6.16. The number of halogens is 4. The molecule has 2 heterocycles. The maximum atomic E-state index is 6.16. The second-order valence-corrected chi connectivity index (χ2v) is 10.1. The molecule has 0 radical (unpaired) electrons. The number of hydrogen-bond donors (Lipinski definition) is 2. The molecular formula is C24H22Cl4N6S. The maximum Gasteiger partial charge on any atom is 0.176 e. The van der Waals surface area contributed by atoms with Crippen molar-refractivity contribution in [2.24, 2.45) is 0 Å². The first-order valence-electron chi connectivity index (χ1n) is 10.6. The fourth-order valence-corrected chi connectivity index (χ4v) is 4.49. The molecule has 182 valence electrons. The number of rotatable bonds is 6. The van der Waals surface area contributed by atoms with Crippen molar-refractivity contribution in [2.75, 3.05) is 10.6 Å². The van der Waals surface area contributed by atoms with E-state index in [9.17, 15) is 0 Å². The minimum Gasteiger partial charge on any atom is -0.329 e. The molecule has 0 amide bonds. The van der Waals surface area contributed by atoms with Gasteiger partial charge in [-0.1, -0.05) is 58.5 Å². The summed E-state index contributed by atoms with van der Waals surface area (Å²) in [6, 6.07) is 13.0. The van der Waals surface area contributed by atoms with Gasteiger partial charge in [0.05, 0.1) is 50.3 Å². The van der Waals surface area contributed by atoms with Crippen LogP contribution in [0.1, 0.15) is 28.2 Å². The fourth-order valence-electron chi connectivity index (χ4n) is 3.65. The van der Waals surface area contributed by atoms with E-state index in [1.807, 2.05) is 60.5 Å². The van der Waals surface area contributed by atoms with Crippen LogP contribution in [0.5, 0.6) is 0 Å². The number of benzene rings is 2. The van der Waals surface area contributed by atoms with Crippen LogP contribution in [0.25, 0.3) is 0 Å². The highest BCUT2D eigenvalue weighted by molar-refractivity contribution is 7.80. The lowest BCUT2D eigenvalue weighted by Gasteiger charge is -2.10. The molecule has 0 aliphatic carbocycles. The van der Waals surface area contributed by atoms with Gasteiger partial charge >= 0.3 is 0 Å². The zero-order valence-corrected chi connectivity index (χ0v) is 23.0. The van der Waals surface area contributed by atoms with Crippen LogP contribution >= 0.6 is 58.6 Å². The van der Waals surface area contributed by atoms with E-state index in [0.29, 0.717) is 44.1 Å². The Morgan fingerprint density at radius 2 is 1.34 bits per heavy atom. The highest BCUT2D eigenvalue weighted by atomic mass is 35.5. The Morgan fingerprint density at radius 3 is 1.91 bits per heavy atom. The van der Waals surface area contributed by atoms with Crippen molar-refractivity contribution in [3.8, 4) is 0 Å². The fraction of sp³-hybridized carbons (Fsp3) is 0.208. The number of aromatic nitrogens is 4. The molecule has 11 heteroatoms. The molecule has 2 aromatic heterocycles. The molecule has 0 saturated carbocycles. The van der Waals surface area contributed by atoms with Crippen molar-refractivity contribution < 1.29 is 0 Å². The molecule has 0 atom stereocenters. The second kappa shape index (κ2) is 10.8. The van der Waals surface area contributed by atoms with Crippen LogP contribution in [0, 0.1) is 20.8 Å². The average molecular weight is 568 g/mol. The molecule has 4 rings (SSSR count). The van der Waals surface area contributed by atoms with Crippen molar-refractivity contribution in [3.05, 3.63) is 90.8 Å². The van der Waals surface area contributed by atoms with Crippen LogP contribution in [-0.4, -0.2) is 24.7 Å². The smallest absolute Gasteiger partial charge is 0.176 e. The van der Waals surface area contributed by atoms with E-state index in [4.69, 9.17) is 58.6 Å². The first-order valence-corrected chi connectivity index (χ1v) is 12.6. The van der Waals surface area contributed by atoms with Gasteiger partial charge in [-0.3, -0.25) is 9.36 Å². The molecule has 35 heavy (non-hydrogen) atoms. The van der Waals surface area contributed by atoms with E-state index in [1.165, 1.54) is 0 Å². The van der Waals surface area contributed by atoms with E-state index in [0.717, 1.165) is 33.9 Å². The molecule has 0 unspecified atom stereocenters. The average Bonchev–Trinajstić information content (AvgIpc) is 3.26. The number of thiocarbonyl (C=S) groups is 1. The van der Waals surface area contributed by atoms with Gasteiger partial charge in [0.25, 0.3) is 0 Å².